The Balaban J connectivity index is 2.05. The van der Waals surface area contributed by atoms with Crippen molar-refractivity contribution >= 4 is 40.7 Å². The third kappa shape index (κ3) is 4.90. The maximum Gasteiger partial charge on any atom is 0.239 e. The Morgan fingerprint density at radius 3 is 2.27 bits per heavy atom. The number of amides is 2. The first kappa shape index (κ1) is 20.1. The SMILES string of the molecule is COc1ccccc1CNC(=O)C(C)(C)C(=O)Nc1cc(Cl)cc(Cl)c1. The fraction of sp³-hybridized carbons (Fsp3) is 0.263. The number of rotatable bonds is 6. The van der Waals surface area contributed by atoms with Crippen molar-refractivity contribution in [1.29, 1.82) is 0 Å². The fourth-order valence-electron chi connectivity index (χ4n) is 2.26. The third-order valence-corrected chi connectivity index (χ3v) is 4.32. The van der Waals surface area contributed by atoms with Gasteiger partial charge in [-0.05, 0) is 38.1 Å². The quantitative estimate of drug-likeness (QED) is 0.718. The van der Waals surface area contributed by atoms with Crippen LogP contribution >= 0.6 is 23.2 Å². The number of halogens is 2. The van der Waals surface area contributed by atoms with Gasteiger partial charge in [-0.25, -0.2) is 0 Å². The molecule has 2 aromatic rings. The topological polar surface area (TPSA) is 67.4 Å². The van der Waals surface area contributed by atoms with Gasteiger partial charge < -0.3 is 15.4 Å². The van der Waals surface area contributed by atoms with Crippen LogP contribution in [-0.4, -0.2) is 18.9 Å². The van der Waals surface area contributed by atoms with Gasteiger partial charge >= 0.3 is 0 Å². The van der Waals surface area contributed by atoms with E-state index >= 15 is 0 Å². The monoisotopic (exact) mass is 394 g/mol. The summed E-state index contributed by atoms with van der Waals surface area (Å²) in [5.41, 5.74) is -0.0455. The average Bonchev–Trinajstić information content (AvgIpc) is 2.58. The van der Waals surface area contributed by atoms with Gasteiger partial charge in [-0.3, -0.25) is 9.59 Å². The van der Waals surface area contributed by atoms with Crippen molar-refractivity contribution in [2.45, 2.75) is 20.4 Å². The number of hydrogen-bond acceptors (Lipinski definition) is 3. The van der Waals surface area contributed by atoms with Crippen molar-refractivity contribution in [1.82, 2.24) is 5.32 Å². The van der Waals surface area contributed by atoms with Gasteiger partial charge in [0.1, 0.15) is 11.2 Å². The molecule has 2 rings (SSSR count). The number of nitrogens with one attached hydrogen (secondary N) is 2. The summed E-state index contributed by atoms with van der Waals surface area (Å²) < 4.78 is 5.26. The van der Waals surface area contributed by atoms with E-state index in [1.54, 1.807) is 39.2 Å². The predicted octanol–water partition coefficient (Wildman–Crippen LogP) is 4.28. The molecule has 138 valence electrons. The molecule has 0 saturated carbocycles. The van der Waals surface area contributed by atoms with Crippen LogP contribution in [0.5, 0.6) is 5.75 Å². The fourth-order valence-corrected chi connectivity index (χ4v) is 2.79. The van der Waals surface area contributed by atoms with Gasteiger partial charge in [0.25, 0.3) is 0 Å². The van der Waals surface area contributed by atoms with Gasteiger partial charge in [0, 0.05) is 27.8 Å². The molecule has 26 heavy (non-hydrogen) atoms. The van der Waals surface area contributed by atoms with Crippen molar-refractivity contribution in [3.8, 4) is 5.75 Å². The van der Waals surface area contributed by atoms with E-state index in [2.05, 4.69) is 10.6 Å². The molecule has 0 fully saturated rings. The second-order valence-corrected chi connectivity index (χ2v) is 7.10. The minimum absolute atomic E-state index is 0.253. The van der Waals surface area contributed by atoms with E-state index < -0.39 is 17.2 Å². The zero-order chi connectivity index (χ0) is 19.3. The molecule has 7 heteroatoms. The Hall–Kier alpha value is -2.24. The minimum Gasteiger partial charge on any atom is -0.496 e. The van der Waals surface area contributed by atoms with Crippen molar-refractivity contribution in [3.05, 3.63) is 58.1 Å². The summed E-state index contributed by atoms with van der Waals surface area (Å²) in [6.45, 7) is 3.35. The molecule has 0 saturated heterocycles. The summed E-state index contributed by atoms with van der Waals surface area (Å²) in [5, 5.41) is 6.23. The molecular formula is C19H20Cl2N2O3. The number of anilines is 1. The van der Waals surface area contributed by atoms with E-state index in [1.807, 2.05) is 24.3 Å². The van der Waals surface area contributed by atoms with Crippen LogP contribution in [0.4, 0.5) is 5.69 Å². The average molecular weight is 395 g/mol. The normalized spacial score (nSPS) is 11.0. The van der Waals surface area contributed by atoms with Crippen LogP contribution in [0.2, 0.25) is 10.0 Å². The molecule has 2 aromatic carbocycles. The van der Waals surface area contributed by atoms with E-state index in [0.717, 1.165) is 5.56 Å². The van der Waals surface area contributed by atoms with Gasteiger partial charge in [-0.15, -0.1) is 0 Å². The van der Waals surface area contributed by atoms with Crippen LogP contribution in [0.1, 0.15) is 19.4 Å². The zero-order valence-electron chi connectivity index (χ0n) is 14.7. The van der Waals surface area contributed by atoms with Crippen LogP contribution in [-0.2, 0) is 16.1 Å². The number of ether oxygens (including phenoxy) is 1. The van der Waals surface area contributed by atoms with E-state index in [0.29, 0.717) is 21.5 Å². The number of carbonyl (C=O) groups is 2. The van der Waals surface area contributed by atoms with Gasteiger partial charge in [-0.1, -0.05) is 41.4 Å². The molecule has 5 nitrogen and oxygen atoms in total. The summed E-state index contributed by atoms with van der Waals surface area (Å²) in [4.78, 5) is 25.1. The maximum atomic E-state index is 12.5. The van der Waals surface area contributed by atoms with Gasteiger partial charge in [0.2, 0.25) is 11.8 Å². The van der Waals surface area contributed by atoms with Crippen LogP contribution in [0, 0.1) is 5.41 Å². The Bertz CT molecular complexity index is 802. The lowest BCUT2D eigenvalue weighted by atomic mass is 9.90. The van der Waals surface area contributed by atoms with Crippen LogP contribution in [0.3, 0.4) is 0 Å². The van der Waals surface area contributed by atoms with E-state index in [9.17, 15) is 9.59 Å². The Morgan fingerprint density at radius 2 is 1.65 bits per heavy atom. The molecule has 0 atom stereocenters. The maximum absolute atomic E-state index is 12.5. The molecule has 0 radical (unpaired) electrons. The Kier molecular flexibility index (Phi) is 6.51. The molecule has 0 aliphatic carbocycles. The number of hydrogen-bond donors (Lipinski definition) is 2. The summed E-state index contributed by atoms with van der Waals surface area (Å²) in [7, 11) is 1.56. The summed E-state index contributed by atoms with van der Waals surface area (Å²) in [6.07, 6.45) is 0. The first-order valence-corrected chi connectivity index (χ1v) is 8.67. The van der Waals surface area contributed by atoms with Crippen LogP contribution in [0.15, 0.2) is 42.5 Å². The number of methoxy groups -OCH3 is 1. The van der Waals surface area contributed by atoms with Crippen molar-refractivity contribution in [2.75, 3.05) is 12.4 Å². The number of benzene rings is 2. The lowest BCUT2D eigenvalue weighted by molar-refractivity contribution is -0.138. The zero-order valence-corrected chi connectivity index (χ0v) is 16.2. The van der Waals surface area contributed by atoms with E-state index in [-0.39, 0.29) is 6.54 Å². The highest BCUT2D eigenvalue weighted by atomic mass is 35.5. The molecule has 0 unspecified atom stereocenters. The number of carbonyl (C=O) groups excluding carboxylic acids is 2. The molecule has 0 heterocycles. The summed E-state index contributed by atoms with van der Waals surface area (Å²) >= 11 is 11.9. The highest BCUT2D eigenvalue weighted by Crippen LogP contribution is 2.25. The van der Waals surface area contributed by atoms with E-state index in [1.165, 1.54) is 0 Å². The van der Waals surface area contributed by atoms with E-state index in [4.69, 9.17) is 27.9 Å². The molecule has 2 N–H and O–H groups in total. The molecule has 0 aliphatic rings. The highest BCUT2D eigenvalue weighted by molar-refractivity contribution is 6.35. The van der Waals surface area contributed by atoms with Gasteiger partial charge in [0.15, 0.2) is 0 Å². The summed E-state index contributed by atoms with van der Waals surface area (Å²) in [6, 6.07) is 12.0. The minimum atomic E-state index is -1.29. The second-order valence-electron chi connectivity index (χ2n) is 6.23. The Morgan fingerprint density at radius 1 is 1.04 bits per heavy atom. The lowest BCUT2D eigenvalue weighted by Gasteiger charge is -2.23. The Labute approximate surface area is 162 Å². The van der Waals surface area contributed by atoms with Crippen molar-refractivity contribution < 1.29 is 14.3 Å². The first-order valence-electron chi connectivity index (χ1n) is 7.92. The molecule has 0 spiro atoms. The highest BCUT2D eigenvalue weighted by Gasteiger charge is 2.36. The first-order chi connectivity index (χ1) is 12.2. The van der Waals surface area contributed by atoms with Gasteiger partial charge in [0.05, 0.1) is 7.11 Å². The van der Waals surface area contributed by atoms with Crippen molar-refractivity contribution in [3.63, 3.8) is 0 Å². The lowest BCUT2D eigenvalue weighted by Crippen LogP contribution is -2.44. The molecule has 0 bridgehead atoms. The van der Waals surface area contributed by atoms with Crippen LogP contribution in [0.25, 0.3) is 0 Å². The molecule has 2 amide bonds. The molecular weight excluding hydrogens is 375 g/mol. The smallest absolute Gasteiger partial charge is 0.239 e. The second kappa shape index (κ2) is 8.43. The largest absolute Gasteiger partial charge is 0.496 e. The number of para-hydroxylation sites is 1. The van der Waals surface area contributed by atoms with Crippen molar-refractivity contribution in [2.24, 2.45) is 5.41 Å². The predicted molar refractivity (Wildman–Crippen MR) is 104 cm³/mol. The standard InChI is InChI=1S/C19H20Cl2N2O3/c1-19(2,18(25)23-15-9-13(20)8-14(21)10-15)17(24)22-11-12-6-4-5-7-16(12)26-3/h4-10H,11H2,1-3H3,(H,22,24)(H,23,25). The third-order valence-electron chi connectivity index (χ3n) is 3.89. The molecule has 0 aliphatic heterocycles. The van der Waals surface area contributed by atoms with Gasteiger partial charge in [-0.2, -0.15) is 0 Å². The molecule has 0 aromatic heterocycles. The van der Waals surface area contributed by atoms with Crippen LogP contribution < -0.4 is 15.4 Å². The summed E-state index contributed by atoms with van der Waals surface area (Å²) in [5.74, 6) is -0.203.